The molecule has 144 valence electrons. The van der Waals surface area contributed by atoms with Gasteiger partial charge in [-0.25, -0.2) is 9.18 Å². The number of aliphatic carboxylic acids is 1. The van der Waals surface area contributed by atoms with E-state index in [0.29, 0.717) is 29.2 Å². The number of halogens is 2. The van der Waals surface area contributed by atoms with Crippen LogP contribution < -0.4 is 4.74 Å². The van der Waals surface area contributed by atoms with Crippen LogP contribution in [0.15, 0.2) is 36.4 Å². The van der Waals surface area contributed by atoms with Crippen molar-refractivity contribution in [3.63, 3.8) is 0 Å². The maximum absolute atomic E-state index is 14.6. The van der Waals surface area contributed by atoms with Crippen molar-refractivity contribution in [2.45, 2.75) is 26.9 Å². The van der Waals surface area contributed by atoms with E-state index in [4.69, 9.17) is 21.4 Å². The highest BCUT2D eigenvalue weighted by molar-refractivity contribution is 6.31. The van der Waals surface area contributed by atoms with E-state index in [2.05, 4.69) is 0 Å². The van der Waals surface area contributed by atoms with Crippen molar-refractivity contribution < 1.29 is 23.8 Å². The molecule has 2 aromatic rings. The van der Waals surface area contributed by atoms with Crippen LogP contribution in [0.4, 0.5) is 4.39 Å². The summed E-state index contributed by atoms with van der Waals surface area (Å²) in [7, 11) is 0. The molecule has 1 atom stereocenters. The number of carbonyl (C=O) groups is 2. The van der Waals surface area contributed by atoms with Crippen LogP contribution in [0.2, 0.25) is 5.02 Å². The van der Waals surface area contributed by atoms with Gasteiger partial charge in [0, 0.05) is 23.7 Å². The molecule has 0 aliphatic heterocycles. The van der Waals surface area contributed by atoms with Crippen LogP contribution in [0.3, 0.4) is 0 Å². The van der Waals surface area contributed by atoms with Gasteiger partial charge in [-0.2, -0.15) is 0 Å². The van der Waals surface area contributed by atoms with Gasteiger partial charge in [-0.1, -0.05) is 17.7 Å². The van der Waals surface area contributed by atoms with E-state index in [9.17, 15) is 14.0 Å². The molecule has 1 N–H and O–H groups in total. The fraction of sp³-hybridized carbons (Fsp3) is 0.300. The fourth-order valence-corrected chi connectivity index (χ4v) is 2.78. The van der Waals surface area contributed by atoms with Crippen molar-refractivity contribution in [3.8, 4) is 16.9 Å². The lowest BCUT2D eigenvalue weighted by atomic mass is 10.0. The first-order valence-electron chi connectivity index (χ1n) is 8.56. The summed E-state index contributed by atoms with van der Waals surface area (Å²) in [5, 5.41) is 9.44. The van der Waals surface area contributed by atoms with Gasteiger partial charge in [0.15, 0.2) is 6.10 Å². The lowest BCUT2D eigenvalue weighted by Crippen LogP contribution is -2.31. The number of benzene rings is 2. The molecule has 2 aromatic carbocycles. The van der Waals surface area contributed by atoms with Crippen LogP contribution in [0.5, 0.6) is 5.75 Å². The van der Waals surface area contributed by atoms with Crippen LogP contribution in [0.1, 0.15) is 31.1 Å². The Hall–Kier alpha value is -2.60. The Balaban J connectivity index is 2.44. The van der Waals surface area contributed by atoms with Crippen molar-refractivity contribution in [1.29, 1.82) is 0 Å². The number of carboxylic acid groups (broad SMARTS) is 1. The van der Waals surface area contributed by atoms with Crippen molar-refractivity contribution >= 4 is 23.5 Å². The topological polar surface area (TPSA) is 66.8 Å². The number of hydrogen-bond acceptors (Lipinski definition) is 3. The van der Waals surface area contributed by atoms with E-state index in [1.54, 1.807) is 18.2 Å². The highest BCUT2D eigenvalue weighted by atomic mass is 35.5. The number of nitrogens with zero attached hydrogens (tertiary/aromatic N) is 1. The highest BCUT2D eigenvalue weighted by Gasteiger charge is 2.20. The third-order valence-corrected chi connectivity index (χ3v) is 4.39. The highest BCUT2D eigenvalue weighted by Crippen LogP contribution is 2.34. The summed E-state index contributed by atoms with van der Waals surface area (Å²) in [6.45, 7) is 6.01. The number of ether oxygens (including phenoxy) is 1. The molecule has 7 heteroatoms. The lowest BCUT2D eigenvalue weighted by Gasteiger charge is -2.19. The van der Waals surface area contributed by atoms with Gasteiger partial charge in [-0.3, -0.25) is 4.79 Å². The molecular formula is C20H21ClFNO4. The molecule has 0 spiro atoms. The number of hydrogen-bond donors (Lipinski definition) is 1. The van der Waals surface area contributed by atoms with Gasteiger partial charge in [0.1, 0.15) is 11.6 Å². The zero-order valence-electron chi connectivity index (χ0n) is 15.3. The molecule has 0 heterocycles. The average molecular weight is 394 g/mol. The SMILES string of the molecule is CCN(CC)C(=O)c1ccc(-c2cc(Cl)ccc2O[C@@H](C)C(=O)O)cc1F. The molecule has 2 rings (SSSR count). The van der Waals surface area contributed by atoms with Crippen molar-refractivity contribution in [2.75, 3.05) is 13.1 Å². The van der Waals surface area contributed by atoms with Gasteiger partial charge < -0.3 is 14.7 Å². The Labute approximate surface area is 162 Å². The maximum Gasteiger partial charge on any atom is 0.344 e. The zero-order valence-corrected chi connectivity index (χ0v) is 16.1. The van der Waals surface area contributed by atoms with E-state index in [1.807, 2.05) is 13.8 Å². The zero-order chi connectivity index (χ0) is 20.1. The molecule has 0 aromatic heterocycles. The summed E-state index contributed by atoms with van der Waals surface area (Å²) in [4.78, 5) is 25.0. The van der Waals surface area contributed by atoms with Crippen LogP contribution in [0.25, 0.3) is 11.1 Å². The molecular weight excluding hydrogens is 373 g/mol. The second-order valence-electron chi connectivity index (χ2n) is 5.91. The minimum atomic E-state index is -1.12. The summed E-state index contributed by atoms with van der Waals surface area (Å²) in [6.07, 6.45) is -1.08. The quantitative estimate of drug-likeness (QED) is 0.753. The first-order valence-corrected chi connectivity index (χ1v) is 8.94. The number of carbonyl (C=O) groups excluding carboxylic acids is 1. The van der Waals surface area contributed by atoms with E-state index >= 15 is 0 Å². The Bertz CT molecular complexity index is 852. The van der Waals surface area contributed by atoms with E-state index < -0.39 is 17.9 Å². The van der Waals surface area contributed by atoms with E-state index in [-0.39, 0.29) is 17.2 Å². The first kappa shape index (κ1) is 20.7. The molecule has 0 aliphatic carbocycles. The van der Waals surface area contributed by atoms with Crippen LogP contribution >= 0.6 is 11.6 Å². The molecule has 0 aliphatic rings. The molecule has 1 amide bonds. The van der Waals surface area contributed by atoms with E-state index in [1.165, 1.54) is 30.0 Å². The smallest absolute Gasteiger partial charge is 0.344 e. The van der Waals surface area contributed by atoms with Crippen molar-refractivity contribution in [2.24, 2.45) is 0 Å². The van der Waals surface area contributed by atoms with Gasteiger partial charge >= 0.3 is 5.97 Å². The Kier molecular flexibility index (Phi) is 6.80. The Morgan fingerprint density at radius 3 is 2.41 bits per heavy atom. The average Bonchev–Trinajstić information content (AvgIpc) is 2.63. The second-order valence-corrected chi connectivity index (χ2v) is 6.35. The molecule has 5 nitrogen and oxygen atoms in total. The van der Waals surface area contributed by atoms with Crippen LogP contribution in [-0.2, 0) is 4.79 Å². The summed E-state index contributed by atoms with van der Waals surface area (Å²) in [5.41, 5.74) is 0.848. The Morgan fingerprint density at radius 1 is 1.19 bits per heavy atom. The predicted molar refractivity (Wildman–Crippen MR) is 102 cm³/mol. The molecule has 0 bridgehead atoms. The fourth-order valence-electron chi connectivity index (χ4n) is 2.61. The predicted octanol–water partition coefficient (Wildman–Crippen LogP) is 4.48. The minimum absolute atomic E-state index is 0.0224. The number of rotatable bonds is 7. The minimum Gasteiger partial charge on any atom is -0.479 e. The standard InChI is InChI=1S/C20H21ClFNO4/c1-4-23(5-2)19(24)15-8-6-13(10-17(15)22)16-11-14(21)7-9-18(16)27-12(3)20(25)26/h6-12H,4-5H2,1-3H3,(H,25,26)/t12-/m0/s1. The Morgan fingerprint density at radius 2 is 1.85 bits per heavy atom. The van der Waals surface area contributed by atoms with Gasteiger partial charge in [0.2, 0.25) is 0 Å². The molecule has 0 saturated carbocycles. The van der Waals surface area contributed by atoms with Crippen LogP contribution in [-0.4, -0.2) is 41.1 Å². The molecule has 0 fully saturated rings. The second kappa shape index (κ2) is 8.86. The van der Waals surface area contributed by atoms with Gasteiger partial charge in [0.05, 0.1) is 5.56 Å². The molecule has 0 unspecified atom stereocenters. The van der Waals surface area contributed by atoms with Gasteiger partial charge in [0.25, 0.3) is 5.91 Å². The number of amides is 1. The summed E-state index contributed by atoms with van der Waals surface area (Å²) in [6, 6.07) is 8.88. The lowest BCUT2D eigenvalue weighted by molar-refractivity contribution is -0.144. The van der Waals surface area contributed by atoms with Crippen molar-refractivity contribution in [3.05, 3.63) is 52.8 Å². The normalized spacial score (nSPS) is 11.7. The summed E-state index contributed by atoms with van der Waals surface area (Å²) < 4.78 is 20.1. The van der Waals surface area contributed by atoms with Crippen LogP contribution in [0, 0.1) is 5.82 Å². The summed E-state index contributed by atoms with van der Waals surface area (Å²) >= 11 is 6.04. The summed E-state index contributed by atoms with van der Waals surface area (Å²) in [5.74, 6) is -1.91. The largest absolute Gasteiger partial charge is 0.479 e. The maximum atomic E-state index is 14.6. The van der Waals surface area contributed by atoms with Crippen molar-refractivity contribution in [1.82, 2.24) is 4.90 Å². The van der Waals surface area contributed by atoms with Gasteiger partial charge in [-0.05, 0) is 56.7 Å². The van der Waals surface area contributed by atoms with Gasteiger partial charge in [-0.15, -0.1) is 0 Å². The molecule has 27 heavy (non-hydrogen) atoms. The number of carboxylic acids is 1. The monoisotopic (exact) mass is 393 g/mol. The third kappa shape index (κ3) is 4.77. The molecule has 0 saturated heterocycles. The van der Waals surface area contributed by atoms with E-state index in [0.717, 1.165) is 0 Å². The first-order chi connectivity index (χ1) is 12.8. The third-order valence-electron chi connectivity index (χ3n) is 4.15. The molecule has 0 radical (unpaired) electrons.